The van der Waals surface area contributed by atoms with Gasteiger partial charge in [-0.1, -0.05) is 43.7 Å². The van der Waals surface area contributed by atoms with Crippen LogP contribution < -0.4 is 15.6 Å². The minimum Gasteiger partial charge on any atom is -0.497 e. The maximum absolute atomic E-state index is 12.0. The number of hydrogen-bond donors (Lipinski definition) is 2. The van der Waals surface area contributed by atoms with Gasteiger partial charge < -0.3 is 15.0 Å². The second kappa shape index (κ2) is 10.7. The topological polar surface area (TPSA) is 84.1 Å². The van der Waals surface area contributed by atoms with E-state index >= 15 is 0 Å². The molecule has 2 aromatic rings. The maximum Gasteiger partial charge on any atom is 0.251 e. The highest BCUT2D eigenvalue weighted by atomic mass is 32.2. The van der Waals surface area contributed by atoms with Gasteiger partial charge in [0.2, 0.25) is 5.91 Å². The normalized spacial score (nSPS) is 10.5. The van der Waals surface area contributed by atoms with Crippen molar-refractivity contribution < 1.29 is 9.53 Å². The summed E-state index contributed by atoms with van der Waals surface area (Å²) in [5.74, 6) is 1.33. The lowest BCUT2D eigenvalue weighted by molar-refractivity contribution is -0.120. The van der Waals surface area contributed by atoms with Crippen LogP contribution in [0.5, 0.6) is 5.75 Å². The van der Waals surface area contributed by atoms with Gasteiger partial charge in [0.1, 0.15) is 5.75 Å². The average Bonchev–Trinajstić information content (AvgIpc) is 2.63. The summed E-state index contributed by atoms with van der Waals surface area (Å²) in [6.45, 7) is 2.78. The molecule has 0 radical (unpaired) electrons. The molecule has 0 bridgehead atoms. The number of unbranched alkanes of at least 4 members (excludes halogenated alkanes) is 2. The van der Waals surface area contributed by atoms with Crippen molar-refractivity contribution in [3.8, 4) is 5.75 Å². The monoisotopic (exact) mass is 375 g/mol. The average molecular weight is 375 g/mol. The van der Waals surface area contributed by atoms with Crippen molar-refractivity contribution in [1.29, 1.82) is 0 Å². The van der Waals surface area contributed by atoms with Crippen LogP contribution in [0.3, 0.4) is 0 Å². The lowest BCUT2D eigenvalue weighted by Crippen LogP contribution is -2.27. The number of rotatable bonds is 10. The standard InChI is InChI=1S/C19H25N3O3S/c1-3-4-5-9-20-17(23)11-15-12-18(24)22-19(21-15)26-13-14-7-6-8-16(10-14)25-2/h6-8,10,12H,3-5,9,11,13H2,1-2H3,(H,20,23)(H,21,22,24). The Morgan fingerprint density at radius 3 is 2.92 bits per heavy atom. The Kier molecular flexibility index (Phi) is 8.21. The number of thioether (sulfide) groups is 1. The minimum atomic E-state index is -0.248. The van der Waals surface area contributed by atoms with Gasteiger partial charge in [0.05, 0.1) is 19.2 Å². The quantitative estimate of drug-likeness (QED) is 0.379. The van der Waals surface area contributed by atoms with Gasteiger partial charge in [0, 0.05) is 18.4 Å². The lowest BCUT2D eigenvalue weighted by Gasteiger charge is -2.07. The molecule has 0 saturated carbocycles. The number of H-pyrrole nitrogens is 1. The molecule has 0 aliphatic carbocycles. The van der Waals surface area contributed by atoms with Crippen LogP contribution in [0.4, 0.5) is 0 Å². The van der Waals surface area contributed by atoms with Gasteiger partial charge in [0.25, 0.3) is 5.56 Å². The molecule has 7 heteroatoms. The third-order valence-corrected chi connectivity index (χ3v) is 4.67. The number of hydrogen-bond acceptors (Lipinski definition) is 5. The molecule has 2 rings (SSSR count). The third kappa shape index (κ3) is 6.92. The first-order valence-electron chi connectivity index (χ1n) is 8.73. The van der Waals surface area contributed by atoms with Crippen molar-refractivity contribution in [3.05, 3.63) is 51.9 Å². The van der Waals surface area contributed by atoms with E-state index in [0.717, 1.165) is 30.6 Å². The van der Waals surface area contributed by atoms with E-state index in [1.165, 1.54) is 17.8 Å². The maximum atomic E-state index is 12.0. The van der Waals surface area contributed by atoms with E-state index in [1.54, 1.807) is 7.11 Å². The fraction of sp³-hybridized carbons (Fsp3) is 0.421. The Morgan fingerprint density at radius 2 is 2.15 bits per heavy atom. The highest BCUT2D eigenvalue weighted by Crippen LogP contribution is 2.21. The highest BCUT2D eigenvalue weighted by molar-refractivity contribution is 7.98. The summed E-state index contributed by atoms with van der Waals surface area (Å²) in [7, 11) is 1.63. The summed E-state index contributed by atoms with van der Waals surface area (Å²) in [6.07, 6.45) is 3.28. The molecule has 0 unspecified atom stereocenters. The van der Waals surface area contributed by atoms with E-state index in [2.05, 4.69) is 22.2 Å². The molecule has 0 aliphatic heterocycles. The van der Waals surface area contributed by atoms with Crippen LogP contribution in [0.15, 0.2) is 40.3 Å². The van der Waals surface area contributed by atoms with Gasteiger partial charge >= 0.3 is 0 Å². The summed E-state index contributed by atoms with van der Waals surface area (Å²) in [5, 5.41) is 3.37. The minimum absolute atomic E-state index is 0.108. The zero-order valence-corrected chi connectivity index (χ0v) is 16.0. The fourth-order valence-electron chi connectivity index (χ4n) is 2.39. The second-order valence-corrected chi connectivity index (χ2v) is 6.88. The van der Waals surface area contributed by atoms with Crippen molar-refractivity contribution >= 4 is 17.7 Å². The lowest BCUT2D eigenvalue weighted by atomic mass is 10.2. The number of aromatic nitrogens is 2. The first-order valence-corrected chi connectivity index (χ1v) is 9.72. The van der Waals surface area contributed by atoms with Crippen molar-refractivity contribution in [2.24, 2.45) is 0 Å². The molecule has 140 valence electrons. The number of methoxy groups -OCH3 is 1. The van der Waals surface area contributed by atoms with E-state index < -0.39 is 0 Å². The van der Waals surface area contributed by atoms with Gasteiger partial charge in [-0.25, -0.2) is 4.98 Å². The molecule has 6 nitrogen and oxygen atoms in total. The zero-order chi connectivity index (χ0) is 18.8. The summed E-state index contributed by atoms with van der Waals surface area (Å²) in [5.41, 5.74) is 1.30. The predicted octanol–water partition coefficient (Wildman–Crippen LogP) is 2.92. The molecule has 26 heavy (non-hydrogen) atoms. The molecule has 0 atom stereocenters. The first-order chi connectivity index (χ1) is 12.6. The van der Waals surface area contributed by atoms with Crippen molar-refractivity contribution in [2.45, 2.75) is 43.5 Å². The van der Waals surface area contributed by atoms with Crippen molar-refractivity contribution in [2.75, 3.05) is 13.7 Å². The molecule has 0 saturated heterocycles. The second-order valence-electron chi connectivity index (χ2n) is 5.92. The van der Waals surface area contributed by atoms with Crippen LogP contribution in [-0.4, -0.2) is 29.5 Å². The number of benzene rings is 1. The third-order valence-electron chi connectivity index (χ3n) is 3.73. The Balaban J connectivity index is 1.93. The SMILES string of the molecule is CCCCCNC(=O)Cc1cc(=O)[nH]c(SCc2cccc(OC)c2)n1. The predicted molar refractivity (Wildman–Crippen MR) is 104 cm³/mol. The van der Waals surface area contributed by atoms with E-state index in [1.807, 2.05) is 24.3 Å². The van der Waals surface area contributed by atoms with Crippen molar-refractivity contribution in [3.63, 3.8) is 0 Å². The van der Waals surface area contributed by atoms with Crippen LogP contribution in [0, 0.1) is 0 Å². The highest BCUT2D eigenvalue weighted by Gasteiger charge is 2.08. The molecule has 0 spiro atoms. The summed E-state index contributed by atoms with van der Waals surface area (Å²) in [4.78, 5) is 30.9. The number of carbonyl (C=O) groups is 1. The molecule has 1 aromatic heterocycles. The van der Waals surface area contributed by atoms with Gasteiger partial charge in [-0.3, -0.25) is 9.59 Å². The Morgan fingerprint density at radius 1 is 1.31 bits per heavy atom. The number of nitrogens with one attached hydrogen (secondary N) is 2. The number of ether oxygens (including phenoxy) is 1. The molecule has 2 N–H and O–H groups in total. The Labute approximate surface area is 157 Å². The van der Waals surface area contributed by atoms with Gasteiger partial charge in [0.15, 0.2) is 5.16 Å². The largest absolute Gasteiger partial charge is 0.497 e. The van der Waals surface area contributed by atoms with E-state index in [0.29, 0.717) is 23.1 Å². The van der Waals surface area contributed by atoms with Crippen molar-refractivity contribution in [1.82, 2.24) is 15.3 Å². The molecule has 1 amide bonds. The Bertz CT molecular complexity index is 777. The fourth-order valence-corrected chi connectivity index (χ4v) is 3.22. The van der Waals surface area contributed by atoms with Crippen LogP contribution in [0.1, 0.15) is 37.4 Å². The van der Waals surface area contributed by atoms with Crippen LogP contribution in [0.2, 0.25) is 0 Å². The number of nitrogens with zero attached hydrogens (tertiary/aromatic N) is 1. The smallest absolute Gasteiger partial charge is 0.251 e. The summed E-state index contributed by atoms with van der Waals surface area (Å²) in [6, 6.07) is 9.11. The van der Waals surface area contributed by atoms with E-state index in [-0.39, 0.29) is 17.9 Å². The molecule has 1 aromatic carbocycles. The number of aromatic amines is 1. The zero-order valence-electron chi connectivity index (χ0n) is 15.2. The molecule has 1 heterocycles. The van der Waals surface area contributed by atoms with Crippen LogP contribution in [-0.2, 0) is 17.0 Å². The Hall–Kier alpha value is -2.28. The van der Waals surface area contributed by atoms with Crippen LogP contribution >= 0.6 is 11.8 Å². The van der Waals surface area contributed by atoms with E-state index in [9.17, 15) is 9.59 Å². The molecule has 0 aliphatic rings. The molecular weight excluding hydrogens is 350 g/mol. The van der Waals surface area contributed by atoms with Gasteiger partial charge in [-0.2, -0.15) is 0 Å². The molecule has 0 fully saturated rings. The summed E-state index contributed by atoms with van der Waals surface area (Å²) < 4.78 is 5.21. The first kappa shape index (κ1) is 20.0. The van der Waals surface area contributed by atoms with Crippen LogP contribution in [0.25, 0.3) is 0 Å². The molecular formula is C19H25N3O3S. The number of amides is 1. The summed E-state index contributed by atoms with van der Waals surface area (Å²) >= 11 is 1.42. The van der Waals surface area contributed by atoms with E-state index in [4.69, 9.17) is 4.74 Å². The van der Waals surface area contributed by atoms with Gasteiger partial charge in [-0.15, -0.1) is 0 Å². The van der Waals surface area contributed by atoms with Gasteiger partial charge in [-0.05, 0) is 24.1 Å². The number of carbonyl (C=O) groups excluding carboxylic acids is 1.